The molecule has 0 spiro atoms. The largest absolute Gasteiger partial charge is 0.337 e. The summed E-state index contributed by atoms with van der Waals surface area (Å²) in [6.45, 7) is 2.74. The number of anilines is 1. The Kier molecular flexibility index (Phi) is 4.84. The molecule has 0 bridgehead atoms. The maximum atomic E-state index is 12.0. The van der Waals surface area contributed by atoms with Crippen LogP contribution in [0, 0.1) is 11.3 Å². The molecule has 0 radical (unpaired) electrons. The lowest BCUT2D eigenvalue weighted by Crippen LogP contribution is -2.32. The van der Waals surface area contributed by atoms with E-state index in [1.807, 2.05) is 13.0 Å². The fourth-order valence-corrected chi connectivity index (χ4v) is 1.29. The van der Waals surface area contributed by atoms with Gasteiger partial charge in [-0.05, 0) is 6.92 Å². The van der Waals surface area contributed by atoms with Gasteiger partial charge < -0.3 is 10.3 Å². The molecule has 0 aromatic carbocycles. The minimum Gasteiger partial charge on any atom is -0.337 e. The Balaban J connectivity index is 2.82. The van der Waals surface area contributed by atoms with E-state index >= 15 is 0 Å². The number of amides is 1. The second-order valence-electron chi connectivity index (χ2n) is 3.23. The van der Waals surface area contributed by atoms with Crippen LogP contribution in [0.5, 0.6) is 0 Å². The molecular weight excluding hydrogens is 220 g/mol. The number of nitrogens with zero attached hydrogens (tertiary/aromatic N) is 4. The lowest BCUT2D eigenvalue weighted by molar-refractivity contribution is 0.0761. The van der Waals surface area contributed by atoms with E-state index in [1.165, 1.54) is 17.3 Å². The average Bonchev–Trinajstić information content (AvgIpc) is 2.39. The SMILES string of the molecule is CCN(CCC#N)C(=O)c1cncc(NN)n1. The van der Waals surface area contributed by atoms with Crippen molar-refractivity contribution in [2.45, 2.75) is 13.3 Å². The number of nitriles is 1. The van der Waals surface area contributed by atoms with Crippen molar-refractivity contribution in [1.29, 1.82) is 5.26 Å². The first-order valence-corrected chi connectivity index (χ1v) is 5.17. The summed E-state index contributed by atoms with van der Waals surface area (Å²) in [6.07, 6.45) is 3.09. The Morgan fingerprint density at radius 3 is 3.00 bits per heavy atom. The predicted octanol–water partition coefficient (Wildman–Crippen LogP) is 0.138. The summed E-state index contributed by atoms with van der Waals surface area (Å²) < 4.78 is 0. The van der Waals surface area contributed by atoms with Crippen molar-refractivity contribution in [2.24, 2.45) is 5.84 Å². The maximum absolute atomic E-state index is 12.0. The highest BCUT2D eigenvalue weighted by Gasteiger charge is 2.15. The molecule has 0 aliphatic rings. The van der Waals surface area contributed by atoms with Gasteiger partial charge in [-0.2, -0.15) is 5.26 Å². The van der Waals surface area contributed by atoms with Crippen LogP contribution in [-0.2, 0) is 0 Å². The normalized spacial score (nSPS) is 9.47. The van der Waals surface area contributed by atoms with Gasteiger partial charge in [-0.15, -0.1) is 0 Å². The van der Waals surface area contributed by atoms with Crippen LogP contribution in [0.1, 0.15) is 23.8 Å². The number of hydrazine groups is 1. The second kappa shape index (κ2) is 6.40. The smallest absolute Gasteiger partial charge is 0.274 e. The molecule has 1 aromatic rings. The first kappa shape index (κ1) is 12.9. The third kappa shape index (κ3) is 3.39. The van der Waals surface area contributed by atoms with E-state index in [9.17, 15) is 4.79 Å². The summed E-state index contributed by atoms with van der Waals surface area (Å²) in [6, 6.07) is 2.00. The van der Waals surface area contributed by atoms with Gasteiger partial charge in [-0.1, -0.05) is 0 Å². The fraction of sp³-hybridized carbons (Fsp3) is 0.400. The minimum atomic E-state index is -0.257. The van der Waals surface area contributed by atoms with Gasteiger partial charge in [0, 0.05) is 13.1 Å². The highest BCUT2D eigenvalue weighted by atomic mass is 16.2. The molecule has 17 heavy (non-hydrogen) atoms. The zero-order valence-corrected chi connectivity index (χ0v) is 9.55. The third-order valence-electron chi connectivity index (χ3n) is 2.16. The third-order valence-corrected chi connectivity index (χ3v) is 2.16. The number of nitrogens with one attached hydrogen (secondary N) is 1. The molecule has 3 N–H and O–H groups in total. The van der Waals surface area contributed by atoms with Crippen LogP contribution in [0.25, 0.3) is 0 Å². The van der Waals surface area contributed by atoms with E-state index in [1.54, 1.807) is 0 Å². The van der Waals surface area contributed by atoms with Crippen molar-refractivity contribution >= 4 is 11.7 Å². The van der Waals surface area contributed by atoms with E-state index in [-0.39, 0.29) is 11.6 Å². The van der Waals surface area contributed by atoms with Crippen molar-refractivity contribution in [2.75, 3.05) is 18.5 Å². The van der Waals surface area contributed by atoms with Crippen LogP contribution in [-0.4, -0.2) is 33.9 Å². The van der Waals surface area contributed by atoms with Crippen LogP contribution in [0.15, 0.2) is 12.4 Å². The number of hydrogen-bond acceptors (Lipinski definition) is 6. The number of nitrogens with two attached hydrogens (primary N) is 1. The molecule has 0 unspecified atom stereocenters. The molecule has 7 nitrogen and oxygen atoms in total. The van der Waals surface area contributed by atoms with E-state index < -0.39 is 0 Å². The van der Waals surface area contributed by atoms with Gasteiger partial charge in [0.25, 0.3) is 5.91 Å². The number of rotatable bonds is 5. The first-order valence-electron chi connectivity index (χ1n) is 5.17. The Bertz CT molecular complexity index is 427. The van der Waals surface area contributed by atoms with Gasteiger partial charge in [0.2, 0.25) is 0 Å². The highest BCUT2D eigenvalue weighted by Crippen LogP contribution is 2.05. The van der Waals surface area contributed by atoms with Crippen LogP contribution < -0.4 is 11.3 Å². The standard InChI is InChI=1S/C10H14N6O/c1-2-16(5-3-4-11)10(17)8-6-13-7-9(14-8)15-12/h6-7H,2-3,5,12H2,1H3,(H,14,15). The van der Waals surface area contributed by atoms with Crippen LogP contribution >= 0.6 is 0 Å². The van der Waals surface area contributed by atoms with Crippen molar-refractivity contribution in [3.8, 4) is 6.07 Å². The zero-order chi connectivity index (χ0) is 12.7. The molecule has 0 saturated carbocycles. The van der Waals surface area contributed by atoms with Crippen molar-refractivity contribution in [3.63, 3.8) is 0 Å². The molecule has 1 heterocycles. The molecule has 0 aliphatic heterocycles. The second-order valence-corrected chi connectivity index (χ2v) is 3.23. The van der Waals surface area contributed by atoms with Gasteiger partial charge in [-0.25, -0.2) is 10.8 Å². The Morgan fingerprint density at radius 1 is 1.65 bits per heavy atom. The lowest BCUT2D eigenvalue weighted by atomic mass is 10.3. The van der Waals surface area contributed by atoms with Gasteiger partial charge in [0.1, 0.15) is 5.69 Å². The monoisotopic (exact) mass is 234 g/mol. The van der Waals surface area contributed by atoms with Gasteiger partial charge in [0.05, 0.1) is 24.9 Å². The maximum Gasteiger partial charge on any atom is 0.274 e. The molecule has 1 aromatic heterocycles. The Hall–Kier alpha value is -2.20. The summed E-state index contributed by atoms with van der Waals surface area (Å²) in [4.78, 5) is 21.4. The molecule has 0 fully saturated rings. The van der Waals surface area contributed by atoms with Gasteiger partial charge in [0.15, 0.2) is 5.82 Å². The zero-order valence-electron chi connectivity index (χ0n) is 9.55. The van der Waals surface area contributed by atoms with E-state index in [0.717, 1.165) is 0 Å². The molecule has 7 heteroatoms. The molecule has 0 aliphatic carbocycles. The van der Waals surface area contributed by atoms with Crippen LogP contribution in [0.2, 0.25) is 0 Å². The molecular formula is C10H14N6O. The van der Waals surface area contributed by atoms with Crippen LogP contribution in [0.3, 0.4) is 0 Å². The Labute approximate surface area is 99.2 Å². The molecule has 1 rings (SSSR count). The van der Waals surface area contributed by atoms with Crippen molar-refractivity contribution in [1.82, 2.24) is 14.9 Å². The predicted molar refractivity (Wildman–Crippen MR) is 61.6 cm³/mol. The number of carbonyl (C=O) groups is 1. The lowest BCUT2D eigenvalue weighted by Gasteiger charge is -2.18. The van der Waals surface area contributed by atoms with Crippen LogP contribution in [0.4, 0.5) is 5.82 Å². The van der Waals surface area contributed by atoms with Gasteiger partial charge >= 0.3 is 0 Å². The summed E-state index contributed by atoms with van der Waals surface area (Å²) in [7, 11) is 0. The molecule has 0 saturated heterocycles. The quantitative estimate of drug-likeness (QED) is 0.554. The topological polar surface area (TPSA) is 108 Å². The minimum absolute atomic E-state index is 0.209. The first-order chi connectivity index (χ1) is 8.22. The van der Waals surface area contributed by atoms with Crippen molar-refractivity contribution in [3.05, 3.63) is 18.1 Å². The van der Waals surface area contributed by atoms with E-state index in [2.05, 4.69) is 15.4 Å². The highest BCUT2D eigenvalue weighted by molar-refractivity contribution is 5.92. The fourth-order valence-electron chi connectivity index (χ4n) is 1.29. The summed E-state index contributed by atoms with van der Waals surface area (Å²) >= 11 is 0. The Morgan fingerprint density at radius 2 is 2.41 bits per heavy atom. The van der Waals surface area contributed by atoms with E-state index in [0.29, 0.717) is 25.3 Å². The summed E-state index contributed by atoms with van der Waals surface area (Å²) in [5.41, 5.74) is 2.53. The average molecular weight is 234 g/mol. The van der Waals surface area contributed by atoms with Crippen molar-refractivity contribution < 1.29 is 4.79 Å². The van der Waals surface area contributed by atoms with Gasteiger partial charge in [-0.3, -0.25) is 9.78 Å². The molecule has 0 atom stereocenters. The number of hydrogen-bond donors (Lipinski definition) is 2. The van der Waals surface area contributed by atoms with E-state index in [4.69, 9.17) is 11.1 Å². The summed E-state index contributed by atoms with van der Waals surface area (Å²) in [5.74, 6) is 5.26. The number of carbonyl (C=O) groups excluding carboxylic acids is 1. The summed E-state index contributed by atoms with van der Waals surface area (Å²) in [5, 5.41) is 8.50. The molecule has 90 valence electrons. The number of nitrogen functional groups attached to an aromatic ring is 1. The number of aromatic nitrogens is 2. The molecule has 1 amide bonds.